The van der Waals surface area contributed by atoms with Crippen molar-refractivity contribution in [2.45, 2.75) is 0 Å². The summed E-state index contributed by atoms with van der Waals surface area (Å²) in [7, 11) is 1.51. The summed E-state index contributed by atoms with van der Waals surface area (Å²) in [6.07, 6.45) is 1.74. The van der Waals surface area contributed by atoms with Crippen molar-refractivity contribution in [1.82, 2.24) is 5.32 Å². The van der Waals surface area contributed by atoms with Crippen molar-refractivity contribution < 1.29 is 19.1 Å². The number of halogens is 1. The fourth-order valence-electron chi connectivity index (χ4n) is 3.02. The van der Waals surface area contributed by atoms with Crippen molar-refractivity contribution in [3.05, 3.63) is 88.3 Å². The average molecular weight is 494 g/mol. The molecule has 172 valence electrons. The number of anilines is 1. The quantitative estimate of drug-likeness (QED) is 0.438. The van der Waals surface area contributed by atoms with Gasteiger partial charge in [-0.2, -0.15) is 0 Å². The van der Waals surface area contributed by atoms with E-state index in [-0.39, 0.29) is 18.4 Å². The molecule has 1 aliphatic rings. The van der Waals surface area contributed by atoms with Gasteiger partial charge in [-0.25, -0.2) is 4.99 Å². The van der Waals surface area contributed by atoms with Crippen LogP contribution in [-0.4, -0.2) is 30.7 Å². The molecule has 0 aliphatic carbocycles. The molecule has 0 atom stereocenters. The van der Waals surface area contributed by atoms with Gasteiger partial charge in [-0.05, 0) is 71.9 Å². The van der Waals surface area contributed by atoms with E-state index < -0.39 is 0 Å². The van der Waals surface area contributed by atoms with Crippen molar-refractivity contribution in [1.29, 1.82) is 0 Å². The fourth-order valence-corrected chi connectivity index (χ4v) is 3.99. The summed E-state index contributed by atoms with van der Waals surface area (Å²) in [5.74, 6) is 0.304. The first-order chi connectivity index (χ1) is 16.5. The smallest absolute Gasteiger partial charge is 0.264 e. The number of hydrogen-bond acceptors (Lipinski definition) is 6. The fraction of sp³-hybridized carbons (Fsp3) is 0.0800. The molecule has 34 heavy (non-hydrogen) atoms. The third-order valence-corrected chi connectivity index (χ3v) is 5.77. The Kier molecular flexibility index (Phi) is 7.51. The van der Waals surface area contributed by atoms with Crippen LogP contribution in [-0.2, 0) is 9.59 Å². The number of nitrogens with zero attached hydrogens (tertiary/aromatic N) is 1. The highest BCUT2D eigenvalue weighted by Gasteiger charge is 2.24. The minimum Gasteiger partial charge on any atom is -0.493 e. The Morgan fingerprint density at radius 1 is 1.09 bits per heavy atom. The monoisotopic (exact) mass is 493 g/mol. The van der Waals surface area contributed by atoms with Gasteiger partial charge < -0.3 is 20.1 Å². The van der Waals surface area contributed by atoms with E-state index in [0.29, 0.717) is 32.3 Å². The Labute approximate surface area is 205 Å². The van der Waals surface area contributed by atoms with Crippen molar-refractivity contribution in [3.8, 4) is 11.5 Å². The first-order valence-corrected chi connectivity index (χ1v) is 11.4. The highest BCUT2D eigenvalue weighted by atomic mass is 35.5. The molecule has 0 saturated carbocycles. The molecule has 1 fully saturated rings. The van der Waals surface area contributed by atoms with Gasteiger partial charge in [0.25, 0.3) is 11.8 Å². The number of methoxy groups -OCH3 is 1. The molecule has 9 heteroatoms. The molecule has 1 heterocycles. The SMILES string of the molecule is COc1cc(/C=C2\SC(=Nc3ccccc3)NC2=O)ccc1OCC(=O)Nc1ccc(Cl)cc1. The lowest BCUT2D eigenvalue weighted by atomic mass is 10.2. The van der Waals surface area contributed by atoms with E-state index in [1.165, 1.54) is 18.9 Å². The molecule has 7 nitrogen and oxygen atoms in total. The first kappa shape index (κ1) is 23.4. The summed E-state index contributed by atoms with van der Waals surface area (Å²) in [5.41, 5.74) is 2.12. The lowest BCUT2D eigenvalue weighted by Crippen LogP contribution is -2.20. The topological polar surface area (TPSA) is 89.0 Å². The lowest BCUT2D eigenvalue weighted by Gasteiger charge is -2.11. The van der Waals surface area contributed by atoms with Crippen molar-refractivity contribution in [3.63, 3.8) is 0 Å². The van der Waals surface area contributed by atoms with E-state index in [1.54, 1.807) is 48.5 Å². The number of rotatable bonds is 7. The van der Waals surface area contributed by atoms with Crippen LogP contribution in [0.15, 0.2) is 82.7 Å². The zero-order valence-electron chi connectivity index (χ0n) is 18.1. The number of carbonyl (C=O) groups is 2. The molecule has 0 radical (unpaired) electrons. The number of ether oxygens (including phenoxy) is 2. The van der Waals surface area contributed by atoms with Gasteiger partial charge in [-0.3, -0.25) is 9.59 Å². The van der Waals surface area contributed by atoms with Crippen LogP contribution < -0.4 is 20.1 Å². The molecule has 2 amide bonds. The minimum absolute atomic E-state index is 0.197. The van der Waals surface area contributed by atoms with Crippen LogP contribution in [0.3, 0.4) is 0 Å². The van der Waals surface area contributed by atoms with E-state index in [1.807, 2.05) is 30.3 Å². The van der Waals surface area contributed by atoms with Gasteiger partial charge in [-0.15, -0.1) is 0 Å². The summed E-state index contributed by atoms with van der Waals surface area (Å²) in [6, 6.07) is 21.4. The van der Waals surface area contributed by atoms with Gasteiger partial charge in [0, 0.05) is 10.7 Å². The summed E-state index contributed by atoms with van der Waals surface area (Å²) in [5, 5.41) is 6.60. The van der Waals surface area contributed by atoms with Crippen LogP contribution in [0.25, 0.3) is 6.08 Å². The second-order valence-corrected chi connectivity index (χ2v) is 8.54. The second kappa shape index (κ2) is 10.9. The molecule has 1 saturated heterocycles. The molecule has 0 spiro atoms. The Morgan fingerprint density at radius 3 is 2.59 bits per heavy atom. The molecule has 2 N–H and O–H groups in total. The van der Waals surface area contributed by atoms with Gasteiger partial charge in [0.15, 0.2) is 23.3 Å². The maximum Gasteiger partial charge on any atom is 0.264 e. The van der Waals surface area contributed by atoms with Crippen LogP contribution in [0.1, 0.15) is 5.56 Å². The molecule has 0 bridgehead atoms. The van der Waals surface area contributed by atoms with Crippen LogP contribution in [0, 0.1) is 0 Å². The largest absolute Gasteiger partial charge is 0.493 e. The zero-order valence-corrected chi connectivity index (χ0v) is 19.7. The number of para-hydroxylation sites is 1. The van der Waals surface area contributed by atoms with Gasteiger partial charge >= 0.3 is 0 Å². The first-order valence-electron chi connectivity index (χ1n) is 10.2. The summed E-state index contributed by atoms with van der Waals surface area (Å²) >= 11 is 7.11. The summed E-state index contributed by atoms with van der Waals surface area (Å²) < 4.78 is 11.0. The molecule has 1 aliphatic heterocycles. The van der Waals surface area contributed by atoms with E-state index in [2.05, 4.69) is 15.6 Å². The lowest BCUT2D eigenvalue weighted by molar-refractivity contribution is -0.118. The van der Waals surface area contributed by atoms with Gasteiger partial charge in [0.1, 0.15) is 0 Å². The number of thioether (sulfide) groups is 1. The summed E-state index contributed by atoms with van der Waals surface area (Å²) in [4.78, 5) is 29.5. The number of carbonyl (C=O) groups excluding carboxylic acids is 2. The van der Waals surface area contributed by atoms with E-state index >= 15 is 0 Å². The Bertz CT molecular complexity index is 1260. The second-order valence-electron chi connectivity index (χ2n) is 7.07. The number of hydrogen-bond donors (Lipinski definition) is 2. The standard InChI is InChI=1S/C25H20ClN3O4S/c1-32-21-13-16(14-22-24(31)29-25(34-22)28-18-5-3-2-4-6-18)7-12-20(21)33-15-23(30)27-19-10-8-17(26)9-11-19/h2-14H,15H2,1H3,(H,27,30)(H,28,29,31)/b22-14-. The minimum atomic E-state index is -0.320. The molecule has 0 unspecified atom stereocenters. The Morgan fingerprint density at radius 2 is 1.85 bits per heavy atom. The number of amides is 2. The molecule has 0 aromatic heterocycles. The van der Waals surface area contributed by atoms with Crippen molar-refractivity contribution >= 4 is 57.8 Å². The normalized spacial score (nSPS) is 15.3. The molecule has 3 aromatic carbocycles. The van der Waals surface area contributed by atoms with Gasteiger partial charge in [0.2, 0.25) is 0 Å². The van der Waals surface area contributed by atoms with E-state index in [9.17, 15) is 9.59 Å². The van der Waals surface area contributed by atoms with Crippen molar-refractivity contribution in [2.24, 2.45) is 4.99 Å². The van der Waals surface area contributed by atoms with Crippen LogP contribution in [0.2, 0.25) is 5.02 Å². The Hall–Kier alpha value is -3.75. The molecule has 4 rings (SSSR count). The summed E-state index contributed by atoms with van der Waals surface area (Å²) in [6.45, 7) is -0.197. The number of nitrogens with one attached hydrogen (secondary N) is 2. The third kappa shape index (κ3) is 6.18. The predicted octanol–water partition coefficient (Wildman–Crippen LogP) is 5.26. The van der Waals surface area contributed by atoms with Gasteiger partial charge in [0.05, 0.1) is 17.7 Å². The third-order valence-electron chi connectivity index (χ3n) is 4.61. The highest BCUT2D eigenvalue weighted by Crippen LogP contribution is 2.32. The molecular formula is C25H20ClN3O4S. The zero-order chi connectivity index (χ0) is 23.9. The number of amidine groups is 1. The number of aliphatic imine (C=N–C) groups is 1. The molecular weight excluding hydrogens is 474 g/mol. The van der Waals surface area contributed by atoms with Gasteiger partial charge in [-0.1, -0.05) is 35.9 Å². The maximum atomic E-state index is 12.4. The van der Waals surface area contributed by atoms with E-state index in [0.717, 1.165) is 11.3 Å². The molecule has 3 aromatic rings. The van der Waals surface area contributed by atoms with Crippen LogP contribution in [0.4, 0.5) is 11.4 Å². The highest BCUT2D eigenvalue weighted by molar-refractivity contribution is 8.18. The van der Waals surface area contributed by atoms with Crippen LogP contribution >= 0.6 is 23.4 Å². The van der Waals surface area contributed by atoms with E-state index in [4.69, 9.17) is 21.1 Å². The predicted molar refractivity (Wildman–Crippen MR) is 136 cm³/mol. The maximum absolute atomic E-state index is 12.4. The average Bonchev–Trinajstić information content (AvgIpc) is 3.18. The number of benzene rings is 3. The van der Waals surface area contributed by atoms with Crippen LogP contribution in [0.5, 0.6) is 11.5 Å². The Balaban J connectivity index is 1.41. The van der Waals surface area contributed by atoms with Crippen molar-refractivity contribution in [2.75, 3.05) is 19.0 Å².